The third kappa shape index (κ3) is 2.78. The van der Waals surface area contributed by atoms with Gasteiger partial charge in [0.15, 0.2) is 5.82 Å². The van der Waals surface area contributed by atoms with Crippen molar-refractivity contribution >= 4 is 29.3 Å². The molecule has 8 nitrogen and oxygen atoms in total. The fraction of sp³-hybridized carbons (Fsp3) is 0.385. The standard InChI is InChI=1S/C13H16N4O4/c1-3-21-13(20)8-4-5-15-11(10(8)14)17-6-9(18)16-12(19)7(17)2/h4-5,7H,3,6,14H2,1-2H3,(H,16,18,19). The van der Waals surface area contributed by atoms with Gasteiger partial charge in [0.05, 0.1) is 24.4 Å². The number of nitrogen functional groups attached to an aromatic ring is 1. The number of hydrogen-bond acceptors (Lipinski definition) is 7. The topological polar surface area (TPSA) is 115 Å². The third-order valence-corrected chi connectivity index (χ3v) is 3.16. The Labute approximate surface area is 121 Å². The zero-order chi connectivity index (χ0) is 15.6. The van der Waals surface area contributed by atoms with Crippen LogP contribution in [0.5, 0.6) is 0 Å². The lowest BCUT2D eigenvalue weighted by Crippen LogP contribution is -2.57. The number of ether oxygens (including phenoxy) is 1. The second-order valence-corrected chi connectivity index (χ2v) is 4.53. The van der Waals surface area contributed by atoms with Crippen LogP contribution in [0.2, 0.25) is 0 Å². The smallest absolute Gasteiger partial charge is 0.340 e. The molecule has 1 aliphatic rings. The van der Waals surface area contributed by atoms with Crippen molar-refractivity contribution in [3.05, 3.63) is 17.8 Å². The van der Waals surface area contributed by atoms with E-state index in [4.69, 9.17) is 10.5 Å². The van der Waals surface area contributed by atoms with Crippen molar-refractivity contribution in [3.8, 4) is 0 Å². The van der Waals surface area contributed by atoms with Gasteiger partial charge in [-0.05, 0) is 19.9 Å². The predicted molar refractivity (Wildman–Crippen MR) is 74.6 cm³/mol. The van der Waals surface area contributed by atoms with E-state index >= 15 is 0 Å². The van der Waals surface area contributed by atoms with Gasteiger partial charge in [-0.2, -0.15) is 0 Å². The molecule has 112 valence electrons. The SMILES string of the molecule is CCOC(=O)c1ccnc(N2CC(=O)NC(=O)C2C)c1N. The lowest BCUT2D eigenvalue weighted by molar-refractivity contribution is -0.132. The van der Waals surface area contributed by atoms with Crippen LogP contribution in [0.4, 0.5) is 11.5 Å². The van der Waals surface area contributed by atoms with E-state index in [-0.39, 0.29) is 30.2 Å². The molecule has 2 amide bonds. The van der Waals surface area contributed by atoms with E-state index in [9.17, 15) is 14.4 Å². The van der Waals surface area contributed by atoms with Gasteiger partial charge in [-0.3, -0.25) is 14.9 Å². The van der Waals surface area contributed by atoms with Gasteiger partial charge in [0.1, 0.15) is 6.04 Å². The van der Waals surface area contributed by atoms with Crippen LogP contribution in [-0.4, -0.2) is 42.0 Å². The van der Waals surface area contributed by atoms with E-state index < -0.39 is 23.8 Å². The van der Waals surface area contributed by atoms with Crippen LogP contribution in [0.15, 0.2) is 12.3 Å². The third-order valence-electron chi connectivity index (χ3n) is 3.16. The average molecular weight is 292 g/mol. The molecule has 1 fully saturated rings. The lowest BCUT2D eigenvalue weighted by atomic mass is 10.1. The number of piperazine rings is 1. The molecule has 1 unspecified atom stereocenters. The van der Waals surface area contributed by atoms with Crippen LogP contribution in [-0.2, 0) is 14.3 Å². The van der Waals surface area contributed by atoms with Gasteiger partial charge in [-0.25, -0.2) is 9.78 Å². The highest BCUT2D eigenvalue weighted by Crippen LogP contribution is 2.27. The molecule has 0 saturated carbocycles. The molecule has 2 heterocycles. The number of nitrogens with zero attached hydrogens (tertiary/aromatic N) is 2. The van der Waals surface area contributed by atoms with Crippen LogP contribution in [0.1, 0.15) is 24.2 Å². The number of amides is 2. The second kappa shape index (κ2) is 5.78. The molecule has 0 radical (unpaired) electrons. The van der Waals surface area contributed by atoms with E-state index in [0.717, 1.165) is 0 Å². The Balaban J connectivity index is 2.40. The van der Waals surface area contributed by atoms with Gasteiger partial charge >= 0.3 is 5.97 Å². The van der Waals surface area contributed by atoms with Crippen molar-refractivity contribution in [1.29, 1.82) is 0 Å². The first-order valence-corrected chi connectivity index (χ1v) is 6.47. The number of carbonyl (C=O) groups excluding carboxylic acids is 3. The first-order valence-electron chi connectivity index (χ1n) is 6.47. The first kappa shape index (κ1) is 14.8. The van der Waals surface area contributed by atoms with Crippen molar-refractivity contribution in [2.24, 2.45) is 0 Å². The first-order chi connectivity index (χ1) is 9.95. The van der Waals surface area contributed by atoms with Gasteiger partial charge in [0.25, 0.3) is 0 Å². The van der Waals surface area contributed by atoms with Crippen LogP contribution >= 0.6 is 0 Å². The Morgan fingerprint density at radius 3 is 2.95 bits per heavy atom. The number of pyridine rings is 1. The Bertz CT molecular complexity index is 602. The number of nitrogens with two attached hydrogens (primary N) is 1. The van der Waals surface area contributed by atoms with Gasteiger partial charge < -0.3 is 15.4 Å². The minimum absolute atomic E-state index is 0.0591. The zero-order valence-electron chi connectivity index (χ0n) is 11.8. The van der Waals surface area contributed by atoms with Crippen molar-refractivity contribution in [2.75, 3.05) is 23.8 Å². The number of anilines is 2. The summed E-state index contributed by atoms with van der Waals surface area (Å²) in [4.78, 5) is 40.5. The van der Waals surface area contributed by atoms with Crippen molar-refractivity contribution in [2.45, 2.75) is 19.9 Å². The maximum atomic E-state index is 11.8. The molecule has 1 aromatic rings. The van der Waals surface area contributed by atoms with E-state index in [1.807, 2.05) is 0 Å². The number of rotatable bonds is 3. The average Bonchev–Trinajstić information content (AvgIpc) is 2.43. The highest BCUT2D eigenvalue weighted by Gasteiger charge is 2.33. The number of aromatic nitrogens is 1. The largest absolute Gasteiger partial charge is 0.462 e. The quantitative estimate of drug-likeness (QED) is 0.580. The summed E-state index contributed by atoms with van der Waals surface area (Å²) in [5, 5.41) is 2.23. The van der Waals surface area contributed by atoms with Gasteiger partial charge in [0, 0.05) is 6.20 Å². The summed E-state index contributed by atoms with van der Waals surface area (Å²) in [7, 11) is 0. The number of esters is 1. The van der Waals surface area contributed by atoms with E-state index in [1.54, 1.807) is 13.8 Å². The monoisotopic (exact) mass is 292 g/mol. The minimum Gasteiger partial charge on any atom is -0.462 e. The summed E-state index contributed by atoms with van der Waals surface area (Å²) in [5.74, 6) is -1.23. The number of carbonyl (C=O) groups is 3. The number of hydrogen-bond donors (Lipinski definition) is 2. The second-order valence-electron chi connectivity index (χ2n) is 4.53. The maximum absolute atomic E-state index is 11.8. The Morgan fingerprint density at radius 1 is 1.57 bits per heavy atom. The summed E-state index contributed by atoms with van der Waals surface area (Å²) in [6.07, 6.45) is 1.39. The molecule has 1 saturated heterocycles. The molecule has 1 aliphatic heterocycles. The Morgan fingerprint density at radius 2 is 2.29 bits per heavy atom. The van der Waals surface area contributed by atoms with Gasteiger partial charge in [-0.15, -0.1) is 0 Å². The summed E-state index contributed by atoms with van der Waals surface area (Å²) < 4.78 is 4.91. The molecule has 8 heteroatoms. The molecule has 1 atom stereocenters. The minimum atomic E-state index is -0.616. The summed E-state index contributed by atoms with van der Waals surface area (Å²) in [6.45, 7) is 3.47. The van der Waals surface area contributed by atoms with Crippen LogP contribution in [0.3, 0.4) is 0 Å². The number of imide groups is 1. The molecule has 0 bridgehead atoms. The predicted octanol–water partition coefficient (Wildman–Crippen LogP) is -0.308. The van der Waals surface area contributed by atoms with E-state index in [2.05, 4.69) is 10.3 Å². The summed E-state index contributed by atoms with van der Waals surface area (Å²) in [6, 6.07) is 0.822. The van der Waals surface area contributed by atoms with E-state index in [1.165, 1.54) is 17.2 Å². The fourth-order valence-electron chi connectivity index (χ4n) is 2.05. The summed E-state index contributed by atoms with van der Waals surface area (Å²) >= 11 is 0. The van der Waals surface area contributed by atoms with E-state index in [0.29, 0.717) is 0 Å². The summed E-state index contributed by atoms with van der Waals surface area (Å²) in [5.41, 5.74) is 6.20. The van der Waals surface area contributed by atoms with Crippen LogP contribution in [0, 0.1) is 0 Å². The molecule has 0 spiro atoms. The van der Waals surface area contributed by atoms with Gasteiger partial charge in [-0.1, -0.05) is 0 Å². The van der Waals surface area contributed by atoms with Crippen LogP contribution in [0.25, 0.3) is 0 Å². The molecule has 1 aromatic heterocycles. The normalized spacial score (nSPS) is 18.4. The fourth-order valence-corrected chi connectivity index (χ4v) is 2.05. The molecular formula is C13H16N4O4. The van der Waals surface area contributed by atoms with Crippen molar-refractivity contribution < 1.29 is 19.1 Å². The Hall–Kier alpha value is -2.64. The zero-order valence-corrected chi connectivity index (χ0v) is 11.8. The molecule has 3 N–H and O–H groups in total. The van der Waals surface area contributed by atoms with Crippen molar-refractivity contribution in [3.63, 3.8) is 0 Å². The Kier molecular flexibility index (Phi) is 4.06. The van der Waals surface area contributed by atoms with Crippen LogP contribution < -0.4 is 16.0 Å². The molecule has 2 rings (SSSR count). The molecule has 0 aliphatic carbocycles. The highest BCUT2D eigenvalue weighted by molar-refractivity contribution is 6.05. The molecule has 21 heavy (non-hydrogen) atoms. The van der Waals surface area contributed by atoms with Crippen molar-refractivity contribution in [1.82, 2.24) is 10.3 Å². The maximum Gasteiger partial charge on any atom is 0.340 e. The number of nitrogens with one attached hydrogen (secondary N) is 1. The van der Waals surface area contributed by atoms with Gasteiger partial charge in [0.2, 0.25) is 11.8 Å². The molecular weight excluding hydrogens is 276 g/mol. The molecule has 0 aromatic carbocycles. The lowest BCUT2D eigenvalue weighted by Gasteiger charge is -2.33. The highest BCUT2D eigenvalue weighted by atomic mass is 16.5.